The number of nitrogens with one attached hydrogen (secondary N) is 3. The second-order valence-electron chi connectivity index (χ2n) is 4.80. The van der Waals surface area contributed by atoms with Gasteiger partial charge in [0.2, 0.25) is 0 Å². The molecule has 0 atom stereocenters. The highest BCUT2D eigenvalue weighted by atomic mass is 16.4. The van der Waals surface area contributed by atoms with Gasteiger partial charge in [0.15, 0.2) is 5.96 Å². The molecule has 0 amide bonds. The van der Waals surface area contributed by atoms with Crippen molar-refractivity contribution in [2.24, 2.45) is 5.92 Å². The molecule has 19 heavy (non-hydrogen) atoms. The number of rotatable bonds is 3. The molecular weight excluding hydrogens is 246 g/mol. The number of guanidine groups is 1. The molecule has 0 aliphatic heterocycles. The highest BCUT2D eigenvalue weighted by Crippen LogP contribution is 2.32. The number of nitrogens with zero attached hydrogens (tertiary/aromatic N) is 2. The van der Waals surface area contributed by atoms with Crippen molar-refractivity contribution in [2.45, 2.75) is 31.7 Å². The third-order valence-electron chi connectivity index (χ3n) is 3.54. The third kappa shape index (κ3) is 3.24. The summed E-state index contributed by atoms with van der Waals surface area (Å²) in [5.41, 5.74) is 0.764. The zero-order chi connectivity index (χ0) is 13.8. The number of hydrogen-bond acceptors (Lipinski definition) is 3. The summed E-state index contributed by atoms with van der Waals surface area (Å²) in [6.07, 6.45) is 6.61. The van der Waals surface area contributed by atoms with Crippen molar-refractivity contribution in [1.29, 1.82) is 5.41 Å². The second kappa shape index (κ2) is 5.73. The fourth-order valence-electron chi connectivity index (χ4n) is 2.40. The molecular formula is C12H19N5O2. The van der Waals surface area contributed by atoms with Gasteiger partial charge in [-0.2, -0.15) is 5.10 Å². The zero-order valence-electron chi connectivity index (χ0n) is 10.9. The molecule has 104 valence electrons. The molecule has 0 saturated heterocycles. The molecule has 0 bridgehead atoms. The lowest BCUT2D eigenvalue weighted by Gasteiger charge is -2.26. The number of carbonyl (C=O) groups is 1. The molecule has 1 heterocycles. The molecule has 1 aliphatic carbocycles. The topological polar surface area (TPSA) is 103 Å². The van der Waals surface area contributed by atoms with E-state index in [2.05, 4.69) is 15.7 Å². The molecule has 1 aliphatic rings. The summed E-state index contributed by atoms with van der Waals surface area (Å²) in [7, 11) is 1.67. The fraction of sp³-hybridized carbons (Fsp3) is 0.583. The fourth-order valence-corrected chi connectivity index (χ4v) is 2.40. The van der Waals surface area contributed by atoms with E-state index in [0.717, 1.165) is 18.5 Å². The van der Waals surface area contributed by atoms with Crippen molar-refractivity contribution >= 4 is 17.6 Å². The summed E-state index contributed by atoms with van der Waals surface area (Å²) in [6.45, 7) is 0. The number of carboxylic acids is 1. The summed E-state index contributed by atoms with van der Waals surface area (Å²) in [5, 5.41) is 26.3. The Balaban J connectivity index is 1.93. The van der Waals surface area contributed by atoms with Crippen LogP contribution in [-0.2, 0) is 4.79 Å². The van der Waals surface area contributed by atoms with Crippen LogP contribution < -0.4 is 10.6 Å². The zero-order valence-corrected chi connectivity index (χ0v) is 10.9. The lowest BCUT2D eigenvalue weighted by molar-refractivity contribution is -0.143. The standard InChI is InChI=1S/C12H19N5O2/c1-14-12(13)16-9-6-15-17(7-9)10-4-2-8(3-5-10)11(18)19/h6-8,10H,2-5H2,1H3,(H,18,19)(H3,13,14,16)/t8-,10+. The van der Waals surface area contributed by atoms with Crippen LogP contribution in [0.25, 0.3) is 0 Å². The first-order valence-corrected chi connectivity index (χ1v) is 6.40. The highest BCUT2D eigenvalue weighted by Gasteiger charge is 2.27. The molecule has 1 fully saturated rings. The van der Waals surface area contributed by atoms with Gasteiger partial charge in [-0.05, 0) is 25.7 Å². The van der Waals surface area contributed by atoms with Gasteiger partial charge in [-0.1, -0.05) is 0 Å². The van der Waals surface area contributed by atoms with Crippen LogP contribution in [0, 0.1) is 11.3 Å². The molecule has 2 rings (SSSR count). The largest absolute Gasteiger partial charge is 0.481 e. The second-order valence-corrected chi connectivity index (χ2v) is 4.80. The van der Waals surface area contributed by atoms with Gasteiger partial charge >= 0.3 is 5.97 Å². The van der Waals surface area contributed by atoms with Gasteiger partial charge in [0.25, 0.3) is 0 Å². The SMILES string of the molecule is CNC(=N)Nc1cnn([C@H]2CC[C@@H](C(=O)O)CC2)c1. The first-order valence-electron chi connectivity index (χ1n) is 6.40. The molecule has 4 N–H and O–H groups in total. The summed E-state index contributed by atoms with van der Waals surface area (Å²) in [6, 6.07) is 0.259. The Hall–Kier alpha value is -2.05. The van der Waals surface area contributed by atoms with Crippen molar-refractivity contribution in [3.05, 3.63) is 12.4 Å². The van der Waals surface area contributed by atoms with Gasteiger partial charge in [-0.15, -0.1) is 0 Å². The lowest BCUT2D eigenvalue weighted by atomic mass is 9.86. The van der Waals surface area contributed by atoms with E-state index in [0.29, 0.717) is 12.8 Å². The van der Waals surface area contributed by atoms with Crippen LogP contribution in [-0.4, -0.2) is 33.9 Å². The number of aliphatic carboxylic acids is 1. The van der Waals surface area contributed by atoms with E-state index in [1.54, 1.807) is 13.2 Å². The first-order chi connectivity index (χ1) is 9.10. The van der Waals surface area contributed by atoms with E-state index in [4.69, 9.17) is 10.5 Å². The Morgan fingerprint density at radius 3 is 2.74 bits per heavy atom. The van der Waals surface area contributed by atoms with E-state index < -0.39 is 5.97 Å². The minimum Gasteiger partial charge on any atom is -0.481 e. The van der Waals surface area contributed by atoms with Gasteiger partial charge in [0, 0.05) is 13.2 Å². The third-order valence-corrected chi connectivity index (χ3v) is 3.54. The lowest BCUT2D eigenvalue weighted by Crippen LogP contribution is -2.25. The van der Waals surface area contributed by atoms with E-state index in [1.165, 1.54) is 0 Å². The normalized spacial score (nSPS) is 22.8. The molecule has 0 unspecified atom stereocenters. The Morgan fingerprint density at radius 1 is 1.47 bits per heavy atom. The van der Waals surface area contributed by atoms with Gasteiger partial charge in [-0.25, -0.2) is 0 Å². The molecule has 1 aromatic rings. The van der Waals surface area contributed by atoms with Gasteiger partial charge in [0.05, 0.1) is 23.8 Å². The Bertz CT molecular complexity index is 462. The average molecular weight is 265 g/mol. The van der Waals surface area contributed by atoms with Crippen molar-refractivity contribution in [3.8, 4) is 0 Å². The van der Waals surface area contributed by atoms with E-state index in [1.807, 2.05) is 10.9 Å². The van der Waals surface area contributed by atoms with Crippen LogP contribution in [0.15, 0.2) is 12.4 Å². The maximum absolute atomic E-state index is 10.9. The smallest absolute Gasteiger partial charge is 0.306 e. The molecule has 1 aromatic heterocycles. The maximum Gasteiger partial charge on any atom is 0.306 e. The molecule has 0 radical (unpaired) electrons. The number of hydrogen-bond donors (Lipinski definition) is 4. The van der Waals surface area contributed by atoms with Crippen LogP contribution in [0.3, 0.4) is 0 Å². The molecule has 7 heteroatoms. The molecule has 1 saturated carbocycles. The predicted octanol–water partition coefficient (Wildman–Crippen LogP) is 1.27. The van der Waals surface area contributed by atoms with Crippen LogP contribution in [0.5, 0.6) is 0 Å². The van der Waals surface area contributed by atoms with Crippen molar-refractivity contribution in [3.63, 3.8) is 0 Å². The van der Waals surface area contributed by atoms with Gasteiger partial charge in [-0.3, -0.25) is 14.9 Å². The predicted molar refractivity (Wildman–Crippen MR) is 71.3 cm³/mol. The van der Waals surface area contributed by atoms with Crippen LogP contribution in [0.4, 0.5) is 5.69 Å². The van der Waals surface area contributed by atoms with Gasteiger partial charge in [0.1, 0.15) is 0 Å². The maximum atomic E-state index is 10.9. The highest BCUT2D eigenvalue weighted by molar-refractivity contribution is 5.90. The van der Waals surface area contributed by atoms with Crippen molar-refractivity contribution in [2.75, 3.05) is 12.4 Å². The Labute approximate surface area is 111 Å². The Kier molecular flexibility index (Phi) is 4.03. The number of carboxylic acid groups (broad SMARTS) is 1. The quantitative estimate of drug-likeness (QED) is 0.487. The van der Waals surface area contributed by atoms with Crippen molar-refractivity contribution in [1.82, 2.24) is 15.1 Å². The number of aromatic nitrogens is 2. The van der Waals surface area contributed by atoms with E-state index >= 15 is 0 Å². The summed E-state index contributed by atoms with van der Waals surface area (Å²) < 4.78 is 1.86. The summed E-state index contributed by atoms with van der Waals surface area (Å²) >= 11 is 0. The van der Waals surface area contributed by atoms with Crippen LogP contribution >= 0.6 is 0 Å². The minimum atomic E-state index is -0.691. The van der Waals surface area contributed by atoms with Gasteiger partial charge < -0.3 is 15.7 Å². The monoisotopic (exact) mass is 265 g/mol. The van der Waals surface area contributed by atoms with Crippen LogP contribution in [0.1, 0.15) is 31.7 Å². The van der Waals surface area contributed by atoms with Crippen molar-refractivity contribution < 1.29 is 9.90 Å². The molecule has 0 aromatic carbocycles. The average Bonchev–Trinajstić information content (AvgIpc) is 2.87. The summed E-state index contributed by atoms with van der Waals surface area (Å²) in [4.78, 5) is 10.9. The number of anilines is 1. The summed E-state index contributed by atoms with van der Waals surface area (Å²) in [5.74, 6) is -0.681. The Morgan fingerprint density at radius 2 is 2.16 bits per heavy atom. The van der Waals surface area contributed by atoms with Crippen LogP contribution in [0.2, 0.25) is 0 Å². The minimum absolute atomic E-state index is 0.207. The van der Waals surface area contributed by atoms with E-state index in [9.17, 15) is 4.79 Å². The molecule has 0 spiro atoms. The first kappa shape index (κ1) is 13.4. The van der Waals surface area contributed by atoms with E-state index in [-0.39, 0.29) is 17.9 Å². The molecule has 7 nitrogen and oxygen atoms in total.